The Hall–Kier alpha value is -1.50. The molecule has 8 heteroatoms. The van der Waals surface area contributed by atoms with Crippen molar-refractivity contribution in [3.05, 3.63) is 28.2 Å². The van der Waals surface area contributed by atoms with Crippen LogP contribution in [0.1, 0.15) is 6.92 Å². The molecule has 1 fully saturated rings. The highest BCUT2D eigenvalue weighted by molar-refractivity contribution is 6.35. The lowest BCUT2D eigenvalue weighted by molar-refractivity contribution is -0.139. The van der Waals surface area contributed by atoms with Crippen LogP contribution in [0.15, 0.2) is 18.2 Å². The van der Waals surface area contributed by atoms with Crippen molar-refractivity contribution in [1.82, 2.24) is 10.2 Å². The maximum atomic E-state index is 12.2. The van der Waals surface area contributed by atoms with Gasteiger partial charge in [-0.3, -0.25) is 9.59 Å². The molecule has 2 amide bonds. The first kappa shape index (κ1) is 17.8. The number of nitrogens with zero attached hydrogens (tertiary/aromatic N) is 1. The van der Waals surface area contributed by atoms with Crippen LogP contribution in [0.2, 0.25) is 10.0 Å². The van der Waals surface area contributed by atoms with Crippen molar-refractivity contribution < 1.29 is 19.1 Å². The molecular weight excluding hydrogens is 343 g/mol. The van der Waals surface area contributed by atoms with Crippen LogP contribution >= 0.6 is 23.2 Å². The molecule has 126 valence electrons. The summed E-state index contributed by atoms with van der Waals surface area (Å²) in [6.07, 6.45) is 0. The average Bonchev–Trinajstić information content (AvgIpc) is 2.54. The second-order valence-corrected chi connectivity index (χ2v) is 5.93. The Bertz CT molecular complexity index is 577. The normalized spacial score (nSPS) is 15.9. The Kier molecular flexibility index (Phi) is 6.50. The van der Waals surface area contributed by atoms with Gasteiger partial charge in [0, 0.05) is 18.1 Å². The van der Waals surface area contributed by atoms with Crippen LogP contribution in [-0.4, -0.2) is 55.7 Å². The van der Waals surface area contributed by atoms with Gasteiger partial charge in [0.2, 0.25) is 5.91 Å². The van der Waals surface area contributed by atoms with Gasteiger partial charge in [0.05, 0.1) is 18.2 Å². The van der Waals surface area contributed by atoms with Crippen LogP contribution in [0, 0.1) is 0 Å². The van der Waals surface area contributed by atoms with E-state index in [1.165, 1.54) is 6.07 Å². The Morgan fingerprint density at radius 1 is 1.35 bits per heavy atom. The van der Waals surface area contributed by atoms with E-state index in [1.807, 2.05) is 0 Å². The second kappa shape index (κ2) is 8.38. The number of hydrogen-bond acceptors (Lipinski definition) is 4. The zero-order chi connectivity index (χ0) is 16.8. The fourth-order valence-electron chi connectivity index (χ4n) is 2.14. The van der Waals surface area contributed by atoms with E-state index in [0.29, 0.717) is 42.1 Å². The van der Waals surface area contributed by atoms with Crippen molar-refractivity contribution in [1.29, 1.82) is 0 Å². The summed E-state index contributed by atoms with van der Waals surface area (Å²) in [5.41, 5.74) is 0. The summed E-state index contributed by atoms with van der Waals surface area (Å²) in [7, 11) is 0. The summed E-state index contributed by atoms with van der Waals surface area (Å²) < 4.78 is 10.5. The van der Waals surface area contributed by atoms with E-state index in [9.17, 15) is 9.59 Å². The maximum Gasteiger partial charge on any atom is 0.258 e. The number of benzene rings is 1. The highest BCUT2D eigenvalue weighted by Crippen LogP contribution is 2.27. The molecule has 0 aliphatic carbocycles. The number of ether oxygens (including phenoxy) is 2. The molecule has 1 aliphatic rings. The van der Waals surface area contributed by atoms with E-state index >= 15 is 0 Å². The third kappa shape index (κ3) is 5.27. The van der Waals surface area contributed by atoms with Crippen molar-refractivity contribution in [3.63, 3.8) is 0 Å². The molecule has 0 unspecified atom stereocenters. The van der Waals surface area contributed by atoms with Crippen LogP contribution in [0.4, 0.5) is 0 Å². The molecule has 1 saturated heterocycles. The molecule has 0 radical (unpaired) electrons. The molecule has 1 heterocycles. The zero-order valence-corrected chi connectivity index (χ0v) is 14.2. The van der Waals surface area contributed by atoms with E-state index in [4.69, 9.17) is 32.7 Å². The van der Waals surface area contributed by atoms with Gasteiger partial charge in [0.1, 0.15) is 11.8 Å². The van der Waals surface area contributed by atoms with Gasteiger partial charge in [-0.1, -0.05) is 23.2 Å². The number of rotatable bonds is 5. The van der Waals surface area contributed by atoms with Gasteiger partial charge in [-0.2, -0.15) is 0 Å². The van der Waals surface area contributed by atoms with E-state index < -0.39 is 11.9 Å². The summed E-state index contributed by atoms with van der Waals surface area (Å²) >= 11 is 11.7. The Morgan fingerprint density at radius 2 is 2.04 bits per heavy atom. The van der Waals surface area contributed by atoms with Gasteiger partial charge < -0.3 is 19.7 Å². The Morgan fingerprint density at radius 3 is 2.70 bits per heavy atom. The van der Waals surface area contributed by atoms with Crippen molar-refractivity contribution in [2.45, 2.75) is 13.0 Å². The number of nitrogens with one attached hydrogen (secondary N) is 1. The minimum absolute atomic E-state index is 0.133. The average molecular weight is 361 g/mol. The molecule has 0 saturated carbocycles. The lowest BCUT2D eigenvalue weighted by atomic mass is 10.2. The number of halogens is 2. The van der Waals surface area contributed by atoms with Gasteiger partial charge in [-0.15, -0.1) is 0 Å². The molecule has 1 aliphatic heterocycles. The number of hydrogen-bond donors (Lipinski definition) is 1. The topological polar surface area (TPSA) is 67.9 Å². The smallest absolute Gasteiger partial charge is 0.258 e. The van der Waals surface area contributed by atoms with Crippen molar-refractivity contribution in [3.8, 4) is 5.75 Å². The number of carbonyl (C=O) groups is 2. The van der Waals surface area contributed by atoms with E-state index in [0.717, 1.165) is 0 Å². The fraction of sp³-hybridized carbons (Fsp3) is 0.467. The molecule has 1 N–H and O–H groups in total. The molecule has 2 rings (SSSR count). The number of morpholine rings is 1. The Balaban J connectivity index is 1.80. The van der Waals surface area contributed by atoms with Gasteiger partial charge in [0.15, 0.2) is 6.61 Å². The van der Waals surface area contributed by atoms with Crippen LogP contribution in [0.3, 0.4) is 0 Å². The number of amides is 2. The summed E-state index contributed by atoms with van der Waals surface area (Å²) in [5, 5.41) is 3.42. The first-order valence-corrected chi connectivity index (χ1v) is 7.96. The van der Waals surface area contributed by atoms with Gasteiger partial charge in [-0.05, 0) is 25.1 Å². The monoisotopic (exact) mass is 360 g/mol. The zero-order valence-electron chi connectivity index (χ0n) is 12.7. The van der Waals surface area contributed by atoms with Gasteiger partial charge >= 0.3 is 0 Å². The summed E-state index contributed by atoms with van der Waals surface area (Å²) in [6, 6.07) is 4.11. The minimum Gasteiger partial charge on any atom is -0.482 e. The van der Waals surface area contributed by atoms with E-state index in [1.54, 1.807) is 24.0 Å². The van der Waals surface area contributed by atoms with Crippen LogP contribution in [0.5, 0.6) is 5.75 Å². The third-order valence-electron chi connectivity index (χ3n) is 3.32. The predicted molar refractivity (Wildman–Crippen MR) is 87.0 cm³/mol. The summed E-state index contributed by atoms with van der Waals surface area (Å²) in [6.45, 7) is 3.52. The number of carbonyl (C=O) groups excluding carboxylic acids is 2. The van der Waals surface area contributed by atoms with Crippen LogP contribution in [0.25, 0.3) is 0 Å². The van der Waals surface area contributed by atoms with Crippen LogP contribution < -0.4 is 10.1 Å². The molecule has 0 bridgehead atoms. The van der Waals surface area contributed by atoms with Crippen molar-refractivity contribution >= 4 is 35.0 Å². The highest BCUT2D eigenvalue weighted by atomic mass is 35.5. The molecular formula is C15H18Cl2N2O4. The molecule has 23 heavy (non-hydrogen) atoms. The van der Waals surface area contributed by atoms with E-state index in [-0.39, 0.29) is 12.5 Å². The predicted octanol–water partition coefficient (Wildman–Crippen LogP) is 1.74. The molecule has 6 nitrogen and oxygen atoms in total. The highest BCUT2D eigenvalue weighted by Gasteiger charge is 2.23. The molecule has 1 aromatic rings. The SMILES string of the molecule is C[C@H](NC(=O)COc1ccc(Cl)cc1Cl)C(=O)N1CCOCC1. The lowest BCUT2D eigenvalue weighted by Gasteiger charge is -2.29. The van der Waals surface area contributed by atoms with Crippen molar-refractivity contribution in [2.75, 3.05) is 32.9 Å². The quantitative estimate of drug-likeness (QED) is 0.868. The summed E-state index contributed by atoms with van der Waals surface area (Å²) in [4.78, 5) is 25.7. The molecule has 1 aromatic carbocycles. The molecule has 0 spiro atoms. The first-order chi connectivity index (χ1) is 11.0. The fourth-order valence-corrected chi connectivity index (χ4v) is 2.60. The standard InChI is InChI=1S/C15H18Cl2N2O4/c1-10(15(21)19-4-6-22-7-5-19)18-14(20)9-23-13-3-2-11(16)8-12(13)17/h2-3,8,10H,4-7,9H2,1H3,(H,18,20)/t10-/m0/s1. The van der Waals surface area contributed by atoms with Crippen molar-refractivity contribution in [2.24, 2.45) is 0 Å². The lowest BCUT2D eigenvalue weighted by Crippen LogP contribution is -2.51. The second-order valence-electron chi connectivity index (χ2n) is 5.09. The van der Waals surface area contributed by atoms with E-state index in [2.05, 4.69) is 5.32 Å². The third-order valence-corrected chi connectivity index (χ3v) is 3.85. The maximum absolute atomic E-state index is 12.2. The van der Waals surface area contributed by atoms with Crippen LogP contribution in [-0.2, 0) is 14.3 Å². The first-order valence-electron chi connectivity index (χ1n) is 7.21. The minimum atomic E-state index is -0.620. The molecule has 0 aromatic heterocycles. The van der Waals surface area contributed by atoms with Gasteiger partial charge in [0.25, 0.3) is 5.91 Å². The van der Waals surface area contributed by atoms with Gasteiger partial charge in [-0.25, -0.2) is 0 Å². The Labute approximate surface area is 144 Å². The molecule has 1 atom stereocenters. The largest absolute Gasteiger partial charge is 0.482 e. The summed E-state index contributed by atoms with van der Waals surface area (Å²) in [5.74, 6) is -0.172.